The zero-order valence-corrected chi connectivity index (χ0v) is 23.7. The van der Waals surface area contributed by atoms with Crippen molar-refractivity contribution in [3.05, 3.63) is 69.7 Å². The standard InChI is InChI=1S/C29H40Cl2N4O/c1-20-17-34(21(2)16-32-20)19-27(36)35-15-14-33(18-26(35)29(3,4)5)28(22-6-10-24(30)11-7-22)23-8-12-25(31)13-9-23/h6-13,20-21,26,28,32H,14-19H2,1-5H3/t20-,21+,26+/m0/s1. The van der Waals surface area contributed by atoms with Crippen molar-refractivity contribution in [2.75, 3.05) is 39.3 Å². The zero-order valence-electron chi connectivity index (χ0n) is 22.2. The van der Waals surface area contributed by atoms with Crippen LogP contribution in [-0.2, 0) is 4.79 Å². The molecular formula is C29H40Cl2N4O. The van der Waals surface area contributed by atoms with Crippen LogP contribution >= 0.6 is 23.2 Å². The van der Waals surface area contributed by atoms with Crippen LogP contribution in [0.4, 0.5) is 0 Å². The van der Waals surface area contributed by atoms with Crippen molar-refractivity contribution < 1.29 is 4.79 Å². The van der Waals surface area contributed by atoms with Crippen molar-refractivity contribution in [2.45, 2.75) is 58.8 Å². The van der Waals surface area contributed by atoms with Crippen molar-refractivity contribution in [3.63, 3.8) is 0 Å². The minimum atomic E-state index is -0.0543. The summed E-state index contributed by atoms with van der Waals surface area (Å²) in [6, 6.07) is 17.2. The molecule has 0 bridgehead atoms. The van der Waals surface area contributed by atoms with E-state index >= 15 is 0 Å². The number of rotatable bonds is 5. The van der Waals surface area contributed by atoms with E-state index in [0.29, 0.717) is 25.2 Å². The Labute approximate surface area is 226 Å². The van der Waals surface area contributed by atoms with Gasteiger partial charge in [-0.05, 0) is 54.7 Å². The molecule has 0 spiro atoms. The van der Waals surface area contributed by atoms with Crippen LogP contribution in [0.1, 0.15) is 51.8 Å². The number of benzene rings is 2. The maximum Gasteiger partial charge on any atom is 0.237 e. The summed E-state index contributed by atoms with van der Waals surface area (Å²) in [5.74, 6) is 0.241. The summed E-state index contributed by atoms with van der Waals surface area (Å²) in [6.07, 6.45) is 0. The molecule has 1 N–H and O–H groups in total. The van der Waals surface area contributed by atoms with E-state index in [1.807, 2.05) is 24.3 Å². The molecule has 2 aromatic rings. The second kappa shape index (κ2) is 11.4. The van der Waals surface area contributed by atoms with Crippen LogP contribution in [-0.4, -0.2) is 78.0 Å². The molecule has 0 unspecified atom stereocenters. The Balaban J connectivity index is 1.58. The predicted octanol–water partition coefficient (Wildman–Crippen LogP) is 5.32. The van der Waals surface area contributed by atoms with Gasteiger partial charge in [0.2, 0.25) is 5.91 Å². The predicted molar refractivity (Wildman–Crippen MR) is 150 cm³/mol. The maximum atomic E-state index is 13.7. The highest BCUT2D eigenvalue weighted by molar-refractivity contribution is 6.30. The van der Waals surface area contributed by atoms with Gasteiger partial charge in [0.1, 0.15) is 0 Å². The summed E-state index contributed by atoms with van der Waals surface area (Å²) >= 11 is 12.4. The first-order valence-corrected chi connectivity index (χ1v) is 13.8. The third-order valence-corrected chi connectivity index (χ3v) is 8.20. The fourth-order valence-corrected chi connectivity index (χ4v) is 5.82. The van der Waals surface area contributed by atoms with E-state index in [9.17, 15) is 4.79 Å². The fraction of sp³-hybridized carbons (Fsp3) is 0.552. The highest BCUT2D eigenvalue weighted by Gasteiger charge is 2.41. The lowest BCUT2D eigenvalue weighted by Gasteiger charge is -2.50. The third-order valence-electron chi connectivity index (χ3n) is 7.70. The van der Waals surface area contributed by atoms with Gasteiger partial charge in [0.05, 0.1) is 12.6 Å². The van der Waals surface area contributed by atoms with Crippen LogP contribution in [0.25, 0.3) is 0 Å². The SMILES string of the molecule is C[C@@H]1CN[C@@H](C)CN1CC(=O)N1CCN(C(c2ccc(Cl)cc2)c2ccc(Cl)cc2)C[C@@H]1C(C)(C)C. The minimum Gasteiger partial charge on any atom is -0.336 e. The van der Waals surface area contributed by atoms with Crippen molar-refractivity contribution in [2.24, 2.45) is 5.41 Å². The van der Waals surface area contributed by atoms with E-state index in [-0.39, 0.29) is 23.4 Å². The Morgan fingerprint density at radius 3 is 2.03 bits per heavy atom. The molecule has 2 aliphatic heterocycles. The summed E-state index contributed by atoms with van der Waals surface area (Å²) in [5, 5.41) is 4.97. The molecule has 196 valence electrons. The molecule has 0 radical (unpaired) electrons. The first-order chi connectivity index (χ1) is 17.0. The average Bonchev–Trinajstić information content (AvgIpc) is 2.83. The molecule has 2 aromatic carbocycles. The largest absolute Gasteiger partial charge is 0.336 e. The average molecular weight is 532 g/mol. The number of carbonyl (C=O) groups is 1. The molecule has 2 fully saturated rings. The summed E-state index contributed by atoms with van der Waals surface area (Å²) in [4.78, 5) is 20.7. The number of piperazine rings is 2. The molecular weight excluding hydrogens is 491 g/mol. The molecule has 4 rings (SSSR count). The summed E-state index contributed by atoms with van der Waals surface area (Å²) < 4.78 is 0. The number of nitrogens with zero attached hydrogens (tertiary/aromatic N) is 3. The normalized spacial score (nSPS) is 24.3. The van der Waals surface area contributed by atoms with Gasteiger partial charge in [-0.15, -0.1) is 0 Å². The molecule has 0 aliphatic carbocycles. The van der Waals surface area contributed by atoms with Crippen LogP contribution in [0.15, 0.2) is 48.5 Å². The van der Waals surface area contributed by atoms with Crippen molar-refractivity contribution in [1.82, 2.24) is 20.0 Å². The van der Waals surface area contributed by atoms with Crippen LogP contribution < -0.4 is 5.32 Å². The molecule has 1 amide bonds. The molecule has 5 nitrogen and oxygen atoms in total. The summed E-state index contributed by atoms with van der Waals surface area (Å²) in [5.41, 5.74) is 2.33. The van der Waals surface area contributed by atoms with Gasteiger partial charge in [-0.1, -0.05) is 68.2 Å². The first-order valence-electron chi connectivity index (χ1n) is 13.0. The smallest absolute Gasteiger partial charge is 0.237 e. The fourth-order valence-electron chi connectivity index (χ4n) is 5.56. The van der Waals surface area contributed by atoms with E-state index in [4.69, 9.17) is 23.2 Å². The molecule has 2 heterocycles. The van der Waals surface area contributed by atoms with Gasteiger partial charge in [0.25, 0.3) is 0 Å². The zero-order chi connectivity index (χ0) is 26.0. The third kappa shape index (κ3) is 6.43. The van der Waals surface area contributed by atoms with Crippen molar-refractivity contribution in [1.29, 1.82) is 0 Å². The summed E-state index contributed by atoms with van der Waals surface area (Å²) in [7, 11) is 0. The molecule has 0 aromatic heterocycles. The number of halogens is 2. The Morgan fingerprint density at radius 2 is 1.50 bits per heavy atom. The Kier molecular flexibility index (Phi) is 8.68. The number of amides is 1. The lowest BCUT2D eigenvalue weighted by atomic mass is 9.83. The van der Waals surface area contributed by atoms with Crippen LogP contribution in [0.2, 0.25) is 10.0 Å². The monoisotopic (exact) mass is 530 g/mol. The Hall–Kier alpha value is -1.63. The van der Waals surface area contributed by atoms with Gasteiger partial charge < -0.3 is 10.2 Å². The molecule has 0 saturated carbocycles. The molecule has 3 atom stereocenters. The topological polar surface area (TPSA) is 38.8 Å². The van der Waals surface area contributed by atoms with Gasteiger partial charge in [-0.2, -0.15) is 0 Å². The lowest BCUT2D eigenvalue weighted by molar-refractivity contribution is -0.142. The summed E-state index contributed by atoms with van der Waals surface area (Å²) in [6.45, 7) is 15.8. The Bertz CT molecular complexity index is 976. The van der Waals surface area contributed by atoms with E-state index in [1.54, 1.807) is 0 Å². The number of nitrogens with one attached hydrogen (secondary N) is 1. The number of carbonyl (C=O) groups excluding carboxylic acids is 1. The van der Waals surface area contributed by atoms with E-state index in [2.05, 4.69) is 78.9 Å². The van der Waals surface area contributed by atoms with Crippen LogP contribution in [0, 0.1) is 5.41 Å². The van der Waals surface area contributed by atoms with Gasteiger partial charge in [-0.3, -0.25) is 14.6 Å². The highest BCUT2D eigenvalue weighted by atomic mass is 35.5. The van der Waals surface area contributed by atoms with Crippen molar-refractivity contribution in [3.8, 4) is 0 Å². The van der Waals surface area contributed by atoms with Gasteiger partial charge in [-0.25, -0.2) is 0 Å². The van der Waals surface area contributed by atoms with E-state index < -0.39 is 0 Å². The van der Waals surface area contributed by atoms with Crippen LogP contribution in [0.5, 0.6) is 0 Å². The van der Waals surface area contributed by atoms with E-state index in [0.717, 1.165) is 36.2 Å². The number of hydrogen-bond acceptors (Lipinski definition) is 4. The molecule has 36 heavy (non-hydrogen) atoms. The maximum absolute atomic E-state index is 13.7. The van der Waals surface area contributed by atoms with Gasteiger partial charge in [0, 0.05) is 60.9 Å². The molecule has 2 aliphatic rings. The quantitative estimate of drug-likeness (QED) is 0.567. The lowest BCUT2D eigenvalue weighted by Crippen LogP contribution is -2.63. The van der Waals surface area contributed by atoms with E-state index in [1.165, 1.54) is 11.1 Å². The van der Waals surface area contributed by atoms with Crippen LogP contribution in [0.3, 0.4) is 0 Å². The number of hydrogen-bond donors (Lipinski definition) is 1. The molecule has 7 heteroatoms. The Morgan fingerprint density at radius 1 is 0.944 bits per heavy atom. The minimum absolute atomic E-state index is 0.0543. The second-order valence-electron chi connectivity index (χ2n) is 11.6. The molecule has 2 saturated heterocycles. The van der Waals surface area contributed by atoms with Gasteiger partial charge in [0.15, 0.2) is 0 Å². The van der Waals surface area contributed by atoms with Gasteiger partial charge >= 0.3 is 0 Å². The first kappa shape index (κ1) is 27.4. The second-order valence-corrected chi connectivity index (χ2v) is 12.4. The van der Waals surface area contributed by atoms with Crippen molar-refractivity contribution >= 4 is 29.1 Å². The highest BCUT2D eigenvalue weighted by Crippen LogP contribution is 2.36.